The highest BCUT2D eigenvalue weighted by Crippen LogP contribution is 2.34. The summed E-state index contributed by atoms with van der Waals surface area (Å²) in [5.74, 6) is -0.703. The second-order valence-corrected chi connectivity index (χ2v) is 5.94. The van der Waals surface area contributed by atoms with Crippen LogP contribution in [0.3, 0.4) is 0 Å². The number of thiophene rings is 1. The van der Waals surface area contributed by atoms with Gasteiger partial charge >= 0.3 is 0 Å². The van der Waals surface area contributed by atoms with Crippen molar-refractivity contribution in [2.75, 3.05) is 12.4 Å². The smallest absolute Gasteiger partial charge is 0.163 e. The first-order valence-electron chi connectivity index (χ1n) is 6.42. The van der Waals surface area contributed by atoms with Crippen molar-refractivity contribution in [2.24, 2.45) is 0 Å². The van der Waals surface area contributed by atoms with E-state index in [0.717, 1.165) is 27.9 Å². The summed E-state index contributed by atoms with van der Waals surface area (Å²) in [5, 5.41) is 4.03. The van der Waals surface area contributed by atoms with Gasteiger partial charge in [-0.05, 0) is 37.6 Å². The Kier molecular flexibility index (Phi) is 3.33. The Morgan fingerprint density at radius 2 is 1.86 bits per heavy atom. The van der Waals surface area contributed by atoms with Gasteiger partial charge in [-0.25, -0.2) is 18.7 Å². The van der Waals surface area contributed by atoms with Crippen LogP contribution in [0, 0.1) is 25.5 Å². The van der Waals surface area contributed by atoms with E-state index in [4.69, 9.17) is 0 Å². The predicted molar refractivity (Wildman–Crippen MR) is 81.8 cm³/mol. The van der Waals surface area contributed by atoms with Gasteiger partial charge in [-0.2, -0.15) is 0 Å². The molecule has 0 saturated carbocycles. The summed E-state index contributed by atoms with van der Waals surface area (Å²) in [5.41, 5.74) is 1.59. The molecule has 0 spiro atoms. The van der Waals surface area contributed by atoms with Crippen molar-refractivity contribution in [3.05, 3.63) is 40.3 Å². The van der Waals surface area contributed by atoms with Crippen molar-refractivity contribution in [3.8, 4) is 11.4 Å². The molecule has 0 amide bonds. The number of anilines is 1. The fourth-order valence-electron chi connectivity index (χ4n) is 2.19. The summed E-state index contributed by atoms with van der Waals surface area (Å²) < 4.78 is 26.4. The number of fused-ring (bicyclic) bond motifs is 1. The van der Waals surface area contributed by atoms with Crippen LogP contribution < -0.4 is 5.32 Å². The van der Waals surface area contributed by atoms with Crippen LogP contribution in [-0.4, -0.2) is 17.0 Å². The molecular formula is C15H13F2N3S. The van der Waals surface area contributed by atoms with Crippen molar-refractivity contribution in [1.29, 1.82) is 0 Å². The first kappa shape index (κ1) is 13.9. The van der Waals surface area contributed by atoms with Gasteiger partial charge in [0.2, 0.25) is 0 Å². The van der Waals surface area contributed by atoms with E-state index in [1.54, 1.807) is 18.4 Å². The lowest BCUT2D eigenvalue weighted by Crippen LogP contribution is -1.98. The fourth-order valence-corrected chi connectivity index (χ4v) is 3.22. The Hall–Kier alpha value is -2.08. The second kappa shape index (κ2) is 5.04. The number of halogens is 2. The van der Waals surface area contributed by atoms with Crippen LogP contribution >= 0.6 is 11.3 Å². The molecule has 1 N–H and O–H groups in total. The summed E-state index contributed by atoms with van der Waals surface area (Å²) in [7, 11) is 1.78. The van der Waals surface area contributed by atoms with Crippen molar-refractivity contribution >= 4 is 27.4 Å². The SMILES string of the molecule is CNc1nc(-c2ccc(F)c(F)c2)nc2sc(C)c(C)c12. The van der Waals surface area contributed by atoms with Gasteiger partial charge < -0.3 is 5.32 Å². The molecule has 0 aliphatic heterocycles. The van der Waals surface area contributed by atoms with E-state index in [9.17, 15) is 8.78 Å². The van der Waals surface area contributed by atoms with E-state index < -0.39 is 11.6 Å². The first-order chi connectivity index (χ1) is 10.0. The van der Waals surface area contributed by atoms with Crippen molar-refractivity contribution in [1.82, 2.24) is 9.97 Å². The van der Waals surface area contributed by atoms with E-state index in [1.165, 1.54) is 10.9 Å². The molecule has 2 aromatic heterocycles. The Morgan fingerprint density at radius 1 is 1.10 bits per heavy atom. The van der Waals surface area contributed by atoms with Gasteiger partial charge in [0.25, 0.3) is 0 Å². The molecule has 108 valence electrons. The lowest BCUT2D eigenvalue weighted by atomic mass is 10.1. The highest BCUT2D eigenvalue weighted by atomic mass is 32.1. The Bertz CT molecular complexity index is 843. The maximum absolute atomic E-state index is 13.4. The van der Waals surface area contributed by atoms with Gasteiger partial charge in [0.15, 0.2) is 17.5 Å². The fraction of sp³-hybridized carbons (Fsp3) is 0.200. The molecular weight excluding hydrogens is 292 g/mol. The molecule has 21 heavy (non-hydrogen) atoms. The summed E-state index contributed by atoms with van der Waals surface area (Å²) >= 11 is 1.57. The number of benzene rings is 1. The average Bonchev–Trinajstić information content (AvgIpc) is 2.76. The van der Waals surface area contributed by atoms with Gasteiger partial charge in [0.1, 0.15) is 10.6 Å². The third-order valence-corrected chi connectivity index (χ3v) is 4.54. The monoisotopic (exact) mass is 305 g/mol. The van der Waals surface area contributed by atoms with Gasteiger partial charge in [-0.15, -0.1) is 11.3 Å². The highest BCUT2D eigenvalue weighted by Gasteiger charge is 2.15. The summed E-state index contributed by atoms with van der Waals surface area (Å²) in [6.07, 6.45) is 0. The summed E-state index contributed by atoms with van der Waals surface area (Å²) in [6, 6.07) is 3.68. The lowest BCUT2D eigenvalue weighted by molar-refractivity contribution is 0.509. The Balaban J connectivity index is 2.26. The molecule has 0 radical (unpaired) electrons. The van der Waals surface area contributed by atoms with E-state index >= 15 is 0 Å². The van der Waals surface area contributed by atoms with Crippen LogP contribution in [0.25, 0.3) is 21.6 Å². The third kappa shape index (κ3) is 2.25. The third-order valence-electron chi connectivity index (χ3n) is 3.44. The minimum atomic E-state index is -0.902. The molecule has 3 nitrogen and oxygen atoms in total. The standard InChI is InChI=1S/C15H13F2N3S/c1-7-8(2)21-15-12(7)14(18-3)19-13(20-15)9-4-5-10(16)11(17)6-9/h4-6H,1-3H3,(H,18,19,20). The van der Waals surface area contributed by atoms with Crippen LogP contribution in [0.5, 0.6) is 0 Å². The number of hydrogen-bond acceptors (Lipinski definition) is 4. The minimum absolute atomic E-state index is 0.381. The first-order valence-corrected chi connectivity index (χ1v) is 7.24. The van der Waals surface area contributed by atoms with Gasteiger partial charge in [-0.1, -0.05) is 0 Å². The quantitative estimate of drug-likeness (QED) is 0.767. The van der Waals surface area contributed by atoms with Gasteiger partial charge in [-0.3, -0.25) is 0 Å². The van der Waals surface area contributed by atoms with Crippen molar-refractivity contribution in [2.45, 2.75) is 13.8 Å². The normalized spacial score (nSPS) is 11.1. The second-order valence-electron chi connectivity index (χ2n) is 4.74. The number of aromatic nitrogens is 2. The van der Waals surface area contributed by atoms with Gasteiger partial charge in [0.05, 0.1) is 5.39 Å². The maximum atomic E-state index is 13.4. The lowest BCUT2D eigenvalue weighted by Gasteiger charge is -2.06. The molecule has 0 unspecified atom stereocenters. The number of nitrogens with zero attached hydrogens (tertiary/aromatic N) is 2. The minimum Gasteiger partial charge on any atom is -0.372 e. The zero-order valence-corrected chi connectivity index (χ0v) is 12.6. The molecule has 3 aromatic rings. The van der Waals surface area contributed by atoms with Gasteiger partial charge in [0, 0.05) is 17.5 Å². The summed E-state index contributed by atoms with van der Waals surface area (Å²) in [6.45, 7) is 4.05. The van der Waals surface area contributed by atoms with E-state index in [2.05, 4.69) is 15.3 Å². The van der Waals surface area contributed by atoms with Crippen molar-refractivity contribution in [3.63, 3.8) is 0 Å². The highest BCUT2D eigenvalue weighted by molar-refractivity contribution is 7.18. The Labute approximate surface area is 124 Å². The molecule has 3 rings (SSSR count). The van der Waals surface area contributed by atoms with Crippen LogP contribution in [0.2, 0.25) is 0 Å². The maximum Gasteiger partial charge on any atom is 0.163 e. The average molecular weight is 305 g/mol. The molecule has 0 bridgehead atoms. The number of nitrogens with one attached hydrogen (secondary N) is 1. The number of rotatable bonds is 2. The van der Waals surface area contributed by atoms with Crippen LogP contribution in [0.4, 0.5) is 14.6 Å². The molecule has 0 saturated heterocycles. The zero-order valence-electron chi connectivity index (χ0n) is 11.8. The largest absolute Gasteiger partial charge is 0.372 e. The molecule has 6 heteroatoms. The van der Waals surface area contributed by atoms with E-state index in [0.29, 0.717) is 17.2 Å². The van der Waals surface area contributed by atoms with Crippen molar-refractivity contribution < 1.29 is 8.78 Å². The number of hydrogen-bond donors (Lipinski definition) is 1. The van der Waals surface area contributed by atoms with Crippen LogP contribution in [-0.2, 0) is 0 Å². The molecule has 0 aliphatic rings. The topological polar surface area (TPSA) is 37.8 Å². The number of aryl methyl sites for hydroxylation is 2. The Morgan fingerprint density at radius 3 is 2.52 bits per heavy atom. The zero-order chi connectivity index (χ0) is 15.1. The molecule has 1 aromatic carbocycles. The predicted octanol–water partition coefficient (Wildman–Crippen LogP) is 4.30. The van der Waals surface area contributed by atoms with Crippen LogP contribution in [0.15, 0.2) is 18.2 Å². The molecule has 0 atom stereocenters. The summed E-state index contributed by atoms with van der Waals surface area (Å²) in [4.78, 5) is 10.9. The van der Waals surface area contributed by atoms with Crippen LogP contribution in [0.1, 0.15) is 10.4 Å². The molecule has 0 fully saturated rings. The molecule has 2 heterocycles. The van der Waals surface area contributed by atoms with E-state index in [1.807, 2.05) is 13.8 Å². The molecule has 0 aliphatic carbocycles. The van der Waals surface area contributed by atoms with E-state index in [-0.39, 0.29) is 0 Å².